The number of aliphatic hydroxyl groups excluding tert-OH is 1. The molecule has 5 nitrogen and oxygen atoms in total. The van der Waals surface area contributed by atoms with Crippen LogP contribution in [0, 0.1) is 0 Å². The highest BCUT2D eigenvalue weighted by atomic mass is 32.1. The zero-order chi connectivity index (χ0) is 16.0. The lowest BCUT2D eigenvalue weighted by Crippen LogP contribution is -2.15. The Morgan fingerprint density at radius 2 is 2.05 bits per heavy atom. The Hall–Kier alpha value is -1.87. The molecule has 3 N–H and O–H groups in total. The van der Waals surface area contributed by atoms with Crippen molar-refractivity contribution in [1.29, 1.82) is 0 Å². The fourth-order valence-corrected chi connectivity index (χ4v) is 2.28. The number of alkyl halides is 3. The maximum Gasteiger partial charge on any atom is 0.433 e. The molecule has 2 aromatic heterocycles. The Morgan fingerprint density at radius 3 is 2.68 bits per heavy atom. The van der Waals surface area contributed by atoms with Crippen LogP contribution in [0.5, 0.6) is 0 Å². The summed E-state index contributed by atoms with van der Waals surface area (Å²) >= 11 is 1.50. The van der Waals surface area contributed by atoms with Crippen molar-refractivity contribution in [2.24, 2.45) is 0 Å². The van der Waals surface area contributed by atoms with E-state index >= 15 is 0 Å². The molecule has 0 aliphatic heterocycles. The van der Waals surface area contributed by atoms with Gasteiger partial charge in [0.2, 0.25) is 5.95 Å². The molecule has 0 saturated carbocycles. The van der Waals surface area contributed by atoms with Crippen LogP contribution in [0.3, 0.4) is 0 Å². The highest BCUT2D eigenvalue weighted by Crippen LogP contribution is 2.29. The van der Waals surface area contributed by atoms with Gasteiger partial charge >= 0.3 is 6.18 Å². The third-order valence-electron chi connectivity index (χ3n) is 2.66. The SMILES string of the molecule is OCCCNc1nc(NCc2cccs2)cc(C(F)(F)F)n1. The second-order valence-electron chi connectivity index (χ2n) is 4.40. The summed E-state index contributed by atoms with van der Waals surface area (Å²) < 4.78 is 38.6. The van der Waals surface area contributed by atoms with E-state index in [0.717, 1.165) is 10.9 Å². The number of aromatic nitrogens is 2. The Bertz CT molecular complexity index is 589. The van der Waals surface area contributed by atoms with Crippen LogP contribution in [0.4, 0.5) is 24.9 Å². The van der Waals surface area contributed by atoms with E-state index in [1.807, 2.05) is 17.5 Å². The quantitative estimate of drug-likeness (QED) is 0.680. The minimum absolute atomic E-state index is 0.0601. The minimum atomic E-state index is -4.55. The van der Waals surface area contributed by atoms with Crippen molar-refractivity contribution in [1.82, 2.24) is 9.97 Å². The van der Waals surface area contributed by atoms with Gasteiger partial charge in [0.1, 0.15) is 5.82 Å². The molecule has 22 heavy (non-hydrogen) atoms. The second-order valence-corrected chi connectivity index (χ2v) is 5.43. The molecule has 120 valence electrons. The molecule has 0 unspecified atom stereocenters. The van der Waals surface area contributed by atoms with Gasteiger partial charge in [-0.15, -0.1) is 11.3 Å². The number of hydrogen-bond acceptors (Lipinski definition) is 6. The van der Waals surface area contributed by atoms with E-state index in [0.29, 0.717) is 19.5 Å². The zero-order valence-corrected chi connectivity index (χ0v) is 12.3. The van der Waals surface area contributed by atoms with Crippen LogP contribution >= 0.6 is 11.3 Å². The van der Waals surface area contributed by atoms with E-state index in [1.165, 1.54) is 11.3 Å². The number of nitrogens with one attached hydrogen (secondary N) is 2. The van der Waals surface area contributed by atoms with E-state index < -0.39 is 11.9 Å². The fraction of sp³-hybridized carbons (Fsp3) is 0.385. The first-order chi connectivity index (χ1) is 10.5. The molecule has 0 aliphatic rings. The van der Waals surface area contributed by atoms with Gasteiger partial charge in [0.15, 0.2) is 5.69 Å². The predicted molar refractivity (Wildman–Crippen MR) is 78.9 cm³/mol. The van der Waals surface area contributed by atoms with Crippen LogP contribution in [-0.2, 0) is 12.7 Å². The van der Waals surface area contributed by atoms with Gasteiger partial charge in [0, 0.05) is 24.1 Å². The van der Waals surface area contributed by atoms with Gasteiger partial charge in [-0.1, -0.05) is 6.07 Å². The third-order valence-corrected chi connectivity index (χ3v) is 3.53. The topological polar surface area (TPSA) is 70.1 Å². The highest BCUT2D eigenvalue weighted by molar-refractivity contribution is 7.09. The van der Waals surface area contributed by atoms with Crippen molar-refractivity contribution < 1.29 is 18.3 Å². The Kier molecular flexibility index (Phi) is 5.56. The largest absolute Gasteiger partial charge is 0.433 e. The third kappa shape index (κ3) is 4.85. The number of rotatable bonds is 7. The molecule has 0 atom stereocenters. The number of anilines is 2. The summed E-state index contributed by atoms with van der Waals surface area (Å²) in [5.41, 5.74) is -1.01. The smallest absolute Gasteiger partial charge is 0.396 e. The predicted octanol–water partition coefficient (Wildman–Crippen LogP) is 2.96. The first-order valence-electron chi connectivity index (χ1n) is 6.56. The van der Waals surface area contributed by atoms with E-state index in [4.69, 9.17) is 5.11 Å². The molecule has 2 heterocycles. The molecule has 2 rings (SSSR count). The molecule has 0 bridgehead atoms. The van der Waals surface area contributed by atoms with Crippen LogP contribution in [0.25, 0.3) is 0 Å². The Morgan fingerprint density at radius 1 is 1.23 bits per heavy atom. The summed E-state index contributed by atoms with van der Waals surface area (Å²) in [5, 5.41) is 16.1. The van der Waals surface area contributed by atoms with Crippen LogP contribution in [-0.4, -0.2) is 28.2 Å². The number of nitrogens with zero attached hydrogens (tertiary/aromatic N) is 2. The lowest BCUT2D eigenvalue weighted by Gasteiger charge is -2.12. The van der Waals surface area contributed by atoms with Crippen molar-refractivity contribution in [3.05, 3.63) is 34.2 Å². The van der Waals surface area contributed by atoms with Crippen molar-refractivity contribution in [3.8, 4) is 0 Å². The molecule has 0 aliphatic carbocycles. The summed E-state index contributed by atoms with van der Waals surface area (Å²) in [7, 11) is 0. The van der Waals surface area contributed by atoms with Crippen molar-refractivity contribution in [2.45, 2.75) is 19.1 Å². The number of halogens is 3. The molecular formula is C13H15F3N4OS. The summed E-state index contributed by atoms with van der Waals surface area (Å²) in [6.45, 7) is 0.625. The first kappa shape index (κ1) is 16.5. The summed E-state index contributed by atoms with van der Waals surface area (Å²) in [5.74, 6) is -0.0146. The van der Waals surface area contributed by atoms with Gasteiger partial charge in [-0.05, 0) is 17.9 Å². The van der Waals surface area contributed by atoms with Crippen molar-refractivity contribution in [2.75, 3.05) is 23.8 Å². The average Bonchev–Trinajstić information content (AvgIpc) is 2.98. The summed E-state index contributed by atoms with van der Waals surface area (Å²) in [6, 6.07) is 4.62. The molecule has 0 spiro atoms. The van der Waals surface area contributed by atoms with E-state index in [1.54, 1.807) is 0 Å². The molecule has 0 radical (unpaired) electrons. The molecule has 0 amide bonds. The van der Waals surface area contributed by atoms with E-state index in [9.17, 15) is 13.2 Å². The van der Waals surface area contributed by atoms with E-state index in [-0.39, 0.29) is 18.4 Å². The first-order valence-corrected chi connectivity index (χ1v) is 7.44. The summed E-state index contributed by atoms with van der Waals surface area (Å²) in [4.78, 5) is 8.45. The molecule has 0 aromatic carbocycles. The normalized spacial score (nSPS) is 11.5. The van der Waals surface area contributed by atoms with Crippen LogP contribution in [0.2, 0.25) is 0 Å². The average molecular weight is 332 g/mol. The number of hydrogen-bond donors (Lipinski definition) is 3. The Labute approximate surface area is 129 Å². The fourth-order valence-electron chi connectivity index (χ4n) is 1.63. The zero-order valence-electron chi connectivity index (χ0n) is 11.5. The lowest BCUT2D eigenvalue weighted by molar-refractivity contribution is -0.141. The van der Waals surface area contributed by atoms with Gasteiger partial charge in [-0.3, -0.25) is 0 Å². The second kappa shape index (κ2) is 7.41. The monoisotopic (exact) mass is 332 g/mol. The van der Waals surface area contributed by atoms with Gasteiger partial charge in [-0.2, -0.15) is 18.2 Å². The van der Waals surface area contributed by atoms with Crippen LogP contribution in [0.15, 0.2) is 23.6 Å². The standard InChI is InChI=1S/C13H15F3N4OS/c14-13(15,16)10-7-11(18-8-9-3-1-6-22-9)20-12(19-10)17-4-2-5-21/h1,3,6-7,21H,2,4-5,8H2,(H2,17,18,19,20). The van der Waals surface area contributed by atoms with Crippen molar-refractivity contribution in [3.63, 3.8) is 0 Å². The summed E-state index contributed by atoms with van der Waals surface area (Å²) in [6.07, 6.45) is -4.15. The maximum absolute atomic E-state index is 12.9. The lowest BCUT2D eigenvalue weighted by atomic mass is 10.3. The molecule has 2 aromatic rings. The van der Waals surface area contributed by atoms with Crippen molar-refractivity contribution >= 4 is 23.1 Å². The maximum atomic E-state index is 12.9. The number of thiophene rings is 1. The number of aliphatic hydroxyl groups is 1. The van der Waals surface area contributed by atoms with Crippen LogP contribution in [0.1, 0.15) is 17.0 Å². The van der Waals surface area contributed by atoms with Crippen LogP contribution < -0.4 is 10.6 Å². The van der Waals surface area contributed by atoms with Gasteiger partial charge in [0.05, 0.1) is 6.54 Å². The molecule has 0 saturated heterocycles. The van der Waals surface area contributed by atoms with Gasteiger partial charge in [0.25, 0.3) is 0 Å². The molecule has 0 fully saturated rings. The van der Waals surface area contributed by atoms with Gasteiger partial charge in [-0.25, -0.2) is 4.98 Å². The minimum Gasteiger partial charge on any atom is -0.396 e. The molecular weight excluding hydrogens is 317 g/mol. The Balaban J connectivity index is 2.14. The highest BCUT2D eigenvalue weighted by Gasteiger charge is 2.33. The van der Waals surface area contributed by atoms with Gasteiger partial charge < -0.3 is 15.7 Å². The van der Waals surface area contributed by atoms with E-state index in [2.05, 4.69) is 20.6 Å². The molecule has 9 heteroatoms.